The molecule has 0 saturated carbocycles. The van der Waals surface area contributed by atoms with Crippen molar-refractivity contribution in [1.82, 2.24) is 0 Å². The van der Waals surface area contributed by atoms with Gasteiger partial charge in [-0.1, -0.05) is 51.0 Å². The number of rotatable bonds is 4. The van der Waals surface area contributed by atoms with Gasteiger partial charge in [-0.3, -0.25) is 0 Å². The monoisotopic (exact) mass is 164 g/mol. The van der Waals surface area contributed by atoms with E-state index in [1.165, 1.54) is 19.3 Å². The fourth-order valence-corrected chi connectivity index (χ4v) is 2.04. The zero-order valence-electron chi connectivity index (χ0n) is 8.51. The summed E-state index contributed by atoms with van der Waals surface area (Å²) in [5, 5.41) is 0. The van der Waals surface area contributed by atoms with E-state index in [-0.39, 0.29) is 0 Å². The van der Waals surface area contributed by atoms with Crippen LogP contribution in [0, 0.1) is 11.8 Å². The molecular formula is C12H20. The molecule has 0 aromatic rings. The molecule has 0 heterocycles. The lowest BCUT2D eigenvalue weighted by molar-refractivity contribution is 0.539. The summed E-state index contributed by atoms with van der Waals surface area (Å²) < 4.78 is 0. The zero-order chi connectivity index (χ0) is 8.97. The number of hydrogen-bond acceptors (Lipinski definition) is 0. The first-order valence-electron chi connectivity index (χ1n) is 5.17. The van der Waals surface area contributed by atoms with Crippen LogP contribution in [0.3, 0.4) is 0 Å². The summed E-state index contributed by atoms with van der Waals surface area (Å²) in [6.45, 7) is 6.89. The smallest absolute Gasteiger partial charge is 0.00170 e. The SMILES string of the molecule is CCCC(C)C1=CC=CC1CC. The molecule has 68 valence electrons. The summed E-state index contributed by atoms with van der Waals surface area (Å²) in [7, 11) is 0. The van der Waals surface area contributed by atoms with Crippen LogP contribution in [0.15, 0.2) is 23.8 Å². The standard InChI is InChI=1S/C12H20/c1-4-7-10(3)12-9-6-8-11(12)5-2/h6,8-11H,4-5,7H2,1-3H3. The van der Waals surface area contributed by atoms with Crippen LogP contribution in [0.5, 0.6) is 0 Å². The fourth-order valence-electron chi connectivity index (χ4n) is 2.04. The van der Waals surface area contributed by atoms with Crippen molar-refractivity contribution >= 4 is 0 Å². The van der Waals surface area contributed by atoms with Gasteiger partial charge in [0.15, 0.2) is 0 Å². The fraction of sp³-hybridized carbons (Fsp3) is 0.667. The third-order valence-corrected chi connectivity index (χ3v) is 2.79. The summed E-state index contributed by atoms with van der Waals surface area (Å²) in [4.78, 5) is 0. The molecule has 0 aliphatic heterocycles. The molecule has 0 nitrogen and oxygen atoms in total. The highest BCUT2D eigenvalue weighted by Gasteiger charge is 2.17. The molecule has 12 heavy (non-hydrogen) atoms. The predicted octanol–water partition coefficient (Wildman–Crippen LogP) is 3.95. The van der Waals surface area contributed by atoms with Gasteiger partial charge in [-0.25, -0.2) is 0 Å². The largest absolute Gasteiger partial charge is 0.0773 e. The zero-order valence-corrected chi connectivity index (χ0v) is 8.51. The first-order valence-corrected chi connectivity index (χ1v) is 5.17. The summed E-state index contributed by atoms with van der Waals surface area (Å²) in [6.07, 6.45) is 10.8. The van der Waals surface area contributed by atoms with E-state index in [1.54, 1.807) is 5.57 Å². The molecule has 0 radical (unpaired) electrons. The Balaban J connectivity index is 2.52. The molecule has 0 amide bonds. The maximum atomic E-state index is 2.35. The van der Waals surface area contributed by atoms with Crippen molar-refractivity contribution in [3.8, 4) is 0 Å². The van der Waals surface area contributed by atoms with Gasteiger partial charge in [0.25, 0.3) is 0 Å². The minimum absolute atomic E-state index is 0.742. The Morgan fingerprint density at radius 1 is 1.42 bits per heavy atom. The average molecular weight is 164 g/mol. The second-order valence-electron chi connectivity index (χ2n) is 3.76. The van der Waals surface area contributed by atoms with E-state index in [0.29, 0.717) is 0 Å². The van der Waals surface area contributed by atoms with Crippen LogP contribution in [0.25, 0.3) is 0 Å². The van der Waals surface area contributed by atoms with Crippen LogP contribution in [-0.4, -0.2) is 0 Å². The highest BCUT2D eigenvalue weighted by molar-refractivity contribution is 5.28. The van der Waals surface area contributed by atoms with E-state index in [1.807, 2.05) is 0 Å². The second kappa shape index (κ2) is 4.49. The molecule has 1 aliphatic carbocycles. The van der Waals surface area contributed by atoms with Gasteiger partial charge in [0.1, 0.15) is 0 Å². The van der Waals surface area contributed by atoms with E-state index in [2.05, 4.69) is 39.0 Å². The highest BCUT2D eigenvalue weighted by atomic mass is 14.2. The summed E-state index contributed by atoms with van der Waals surface area (Å²) in [5.41, 5.74) is 1.65. The minimum atomic E-state index is 0.742. The second-order valence-corrected chi connectivity index (χ2v) is 3.76. The normalized spacial score (nSPS) is 24.2. The molecule has 0 aromatic carbocycles. The van der Waals surface area contributed by atoms with Crippen LogP contribution >= 0.6 is 0 Å². The van der Waals surface area contributed by atoms with Crippen molar-refractivity contribution in [2.45, 2.75) is 40.0 Å². The number of allylic oxidation sites excluding steroid dienone is 4. The van der Waals surface area contributed by atoms with Crippen LogP contribution < -0.4 is 0 Å². The van der Waals surface area contributed by atoms with E-state index in [4.69, 9.17) is 0 Å². The van der Waals surface area contributed by atoms with Gasteiger partial charge in [0, 0.05) is 0 Å². The third kappa shape index (κ3) is 2.00. The Morgan fingerprint density at radius 3 is 2.75 bits per heavy atom. The van der Waals surface area contributed by atoms with Gasteiger partial charge < -0.3 is 0 Å². The van der Waals surface area contributed by atoms with Gasteiger partial charge in [-0.2, -0.15) is 0 Å². The maximum absolute atomic E-state index is 2.35. The molecule has 1 aliphatic rings. The first kappa shape index (κ1) is 9.57. The molecule has 0 heteroatoms. The van der Waals surface area contributed by atoms with Gasteiger partial charge in [-0.15, -0.1) is 0 Å². The molecule has 1 rings (SSSR count). The lowest BCUT2D eigenvalue weighted by Crippen LogP contribution is -2.05. The highest BCUT2D eigenvalue weighted by Crippen LogP contribution is 2.30. The van der Waals surface area contributed by atoms with Crippen LogP contribution in [0.1, 0.15) is 40.0 Å². The third-order valence-electron chi connectivity index (χ3n) is 2.79. The molecule has 2 unspecified atom stereocenters. The quantitative estimate of drug-likeness (QED) is 0.590. The Labute approximate surface area is 76.4 Å². The Morgan fingerprint density at radius 2 is 2.17 bits per heavy atom. The molecule has 0 spiro atoms. The molecule has 2 atom stereocenters. The van der Waals surface area contributed by atoms with Crippen molar-refractivity contribution in [3.05, 3.63) is 23.8 Å². The summed E-state index contributed by atoms with van der Waals surface area (Å²) in [6, 6.07) is 0. The molecule has 0 fully saturated rings. The topological polar surface area (TPSA) is 0 Å². The van der Waals surface area contributed by atoms with Gasteiger partial charge >= 0.3 is 0 Å². The molecule has 0 N–H and O–H groups in total. The number of hydrogen-bond donors (Lipinski definition) is 0. The van der Waals surface area contributed by atoms with Crippen molar-refractivity contribution in [2.75, 3.05) is 0 Å². The Hall–Kier alpha value is -0.520. The van der Waals surface area contributed by atoms with Crippen molar-refractivity contribution < 1.29 is 0 Å². The summed E-state index contributed by atoms with van der Waals surface area (Å²) >= 11 is 0. The van der Waals surface area contributed by atoms with Crippen molar-refractivity contribution in [2.24, 2.45) is 11.8 Å². The lowest BCUT2D eigenvalue weighted by atomic mass is 9.87. The van der Waals surface area contributed by atoms with Gasteiger partial charge in [0.2, 0.25) is 0 Å². The van der Waals surface area contributed by atoms with E-state index in [9.17, 15) is 0 Å². The molecule has 0 bridgehead atoms. The molecule has 0 aromatic heterocycles. The van der Waals surface area contributed by atoms with E-state index >= 15 is 0 Å². The van der Waals surface area contributed by atoms with Crippen molar-refractivity contribution in [3.63, 3.8) is 0 Å². The van der Waals surface area contributed by atoms with E-state index < -0.39 is 0 Å². The lowest BCUT2D eigenvalue weighted by Gasteiger charge is -2.18. The molecular weight excluding hydrogens is 144 g/mol. The van der Waals surface area contributed by atoms with Gasteiger partial charge in [-0.05, 0) is 24.7 Å². The Bertz CT molecular complexity index is 186. The Kier molecular flexibility index (Phi) is 3.58. The van der Waals surface area contributed by atoms with Crippen molar-refractivity contribution in [1.29, 1.82) is 0 Å². The van der Waals surface area contributed by atoms with Crippen LogP contribution in [-0.2, 0) is 0 Å². The van der Waals surface area contributed by atoms with Gasteiger partial charge in [0.05, 0.1) is 0 Å². The predicted molar refractivity (Wildman–Crippen MR) is 55.1 cm³/mol. The minimum Gasteiger partial charge on any atom is -0.0773 e. The first-order chi connectivity index (χ1) is 5.79. The molecule has 0 saturated heterocycles. The average Bonchev–Trinajstić information content (AvgIpc) is 2.51. The van der Waals surface area contributed by atoms with E-state index in [0.717, 1.165) is 11.8 Å². The van der Waals surface area contributed by atoms with Crippen LogP contribution in [0.4, 0.5) is 0 Å². The maximum Gasteiger partial charge on any atom is -0.00170 e. The van der Waals surface area contributed by atoms with Crippen LogP contribution in [0.2, 0.25) is 0 Å². The summed E-state index contributed by atoms with van der Waals surface area (Å²) in [5.74, 6) is 1.53.